The molecule has 7 heteroatoms. The van der Waals surface area contributed by atoms with E-state index in [0.717, 1.165) is 54.4 Å². The average Bonchev–Trinajstić information content (AvgIpc) is 3.08. The summed E-state index contributed by atoms with van der Waals surface area (Å²) in [6.45, 7) is 7.84. The van der Waals surface area contributed by atoms with Crippen LogP contribution in [0.25, 0.3) is 11.3 Å². The first kappa shape index (κ1) is 25.9. The number of carbonyl (C=O) groups is 1. The summed E-state index contributed by atoms with van der Waals surface area (Å²) in [5, 5.41) is 4.98. The van der Waals surface area contributed by atoms with Crippen molar-refractivity contribution >= 4 is 21.9 Å². The Morgan fingerprint density at radius 3 is 2.42 bits per heavy atom. The van der Waals surface area contributed by atoms with Crippen molar-refractivity contribution < 1.29 is 19.0 Å². The SMILES string of the molecule is COCCc1c(Br)c(-c2ccccc2)nn1CC1CCC(COCC(=O)OC(C)(C)C)CC1. The molecule has 1 aliphatic carbocycles. The molecule has 1 fully saturated rings. The quantitative estimate of drug-likeness (QED) is 0.378. The fourth-order valence-electron chi connectivity index (χ4n) is 4.35. The average molecular weight is 521 g/mol. The number of aromatic nitrogens is 2. The van der Waals surface area contributed by atoms with Gasteiger partial charge in [-0.2, -0.15) is 5.10 Å². The zero-order chi connectivity index (χ0) is 23.8. The van der Waals surface area contributed by atoms with Gasteiger partial charge in [0.2, 0.25) is 0 Å². The van der Waals surface area contributed by atoms with Crippen LogP contribution in [-0.4, -0.2) is 48.3 Å². The van der Waals surface area contributed by atoms with E-state index >= 15 is 0 Å². The summed E-state index contributed by atoms with van der Waals surface area (Å²) in [6, 6.07) is 10.3. The van der Waals surface area contributed by atoms with E-state index in [2.05, 4.69) is 32.7 Å². The Morgan fingerprint density at radius 2 is 1.79 bits per heavy atom. The normalized spacial score (nSPS) is 18.9. The minimum Gasteiger partial charge on any atom is -0.458 e. The molecule has 0 aliphatic heterocycles. The van der Waals surface area contributed by atoms with Crippen LogP contribution in [0.3, 0.4) is 0 Å². The number of rotatable bonds is 10. The highest BCUT2D eigenvalue weighted by atomic mass is 79.9. The van der Waals surface area contributed by atoms with Gasteiger partial charge in [-0.3, -0.25) is 4.68 Å². The molecule has 6 nitrogen and oxygen atoms in total. The van der Waals surface area contributed by atoms with Gasteiger partial charge in [0.15, 0.2) is 0 Å². The van der Waals surface area contributed by atoms with Gasteiger partial charge in [0.25, 0.3) is 0 Å². The van der Waals surface area contributed by atoms with Gasteiger partial charge in [-0.1, -0.05) is 30.3 Å². The lowest BCUT2D eigenvalue weighted by atomic mass is 9.82. The molecule has 0 radical (unpaired) electrons. The summed E-state index contributed by atoms with van der Waals surface area (Å²) in [6.07, 6.45) is 5.33. The van der Waals surface area contributed by atoms with E-state index in [1.165, 1.54) is 5.69 Å². The predicted octanol–water partition coefficient (Wildman–Crippen LogP) is 5.67. The third kappa shape index (κ3) is 7.94. The van der Waals surface area contributed by atoms with Gasteiger partial charge in [0.05, 0.1) is 23.4 Å². The van der Waals surface area contributed by atoms with Crippen LogP contribution >= 0.6 is 15.9 Å². The van der Waals surface area contributed by atoms with Crippen LogP contribution in [0.2, 0.25) is 0 Å². The van der Waals surface area contributed by atoms with E-state index in [-0.39, 0.29) is 12.6 Å². The predicted molar refractivity (Wildman–Crippen MR) is 133 cm³/mol. The number of nitrogens with zero attached hydrogens (tertiary/aromatic N) is 2. The number of methoxy groups -OCH3 is 1. The van der Waals surface area contributed by atoms with E-state index in [0.29, 0.717) is 25.0 Å². The van der Waals surface area contributed by atoms with Gasteiger partial charge >= 0.3 is 5.97 Å². The molecule has 1 aromatic heterocycles. The van der Waals surface area contributed by atoms with Crippen LogP contribution in [-0.2, 0) is 32.0 Å². The van der Waals surface area contributed by atoms with Crippen LogP contribution in [0, 0.1) is 11.8 Å². The monoisotopic (exact) mass is 520 g/mol. The van der Waals surface area contributed by atoms with E-state index in [1.54, 1.807) is 7.11 Å². The Morgan fingerprint density at radius 1 is 1.12 bits per heavy atom. The van der Waals surface area contributed by atoms with Crippen molar-refractivity contribution in [3.05, 3.63) is 40.5 Å². The van der Waals surface area contributed by atoms with Gasteiger partial charge < -0.3 is 14.2 Å². The van der Waals surface area contributed by atoms with E-state index in [1.807, 2.05) is 39.0 Å². The Kier molecular flexibility index (Phi) is 9.53. The zero-order valence-electron chi connectivity index (χ0n) is 20.3. The summed E-state index contributed by atoms with van der Waals surface area (Å²) < 4.78 is 19.5. The van der Waals surface area contributed by atoms with E-state index < -0.39 is 5.60 Å². The molecule has 1 saturated carbocycles. The van der Waals surface area contributed by atoms with Gasteiger partial charge in [-0.05, 0) is 74.2 Å². The van der Waals surface area contributed by atoms with Crippen LogP contribution in [0.15, 0.2) is 34.8 Å². The van der Waals surface area contributed by atoms with Crippen molar-refractivity contribution in [3.63, 3.8) is 0 Å². The summed E-state index contributed by atoms with van der Waals surface area (Å²) in [7, 11) is 1.74. The van der Waals surface area contributed by atoms with Crippen molar-refractivity contribution in [1.82, 2.24) is 9.78 Å². The maximum absolute atomic E-state index is 11.8. The number of hydrogen-bond donors (Lipinski definition) is 0. The van der Waals surface area contributed by atoms with Crippen LogP contribution < -0.4 is 0 Å². The van der Waals surface area contributed by atoms with Crippen LogP contribution in [0.5, 0.6) is 0 Å². The molecular formula is C26H37BrN2O4. The first-order valence-corrected chi connectivity index (χ1v) is 12.6. The number of benzene rings is 1. The fraction of sp³-hybridized carbons (Fsp3) is 0.615. The zero-order valence-corrected chi connectivity index (χ0v) is 21.9. The molecular weight excluding hydrogens is 484 g/mol. The Bertz CT molecular complexity index is 884. The molecule has 1 heterocycles. The van der Waals surface area contributed by atoms with Crippen molar-refractivity contribution in [1.29, 1.82) is 0 Å². The summed E-state index contributed by atoms with van der Waals surface area (Å²) in [4.78, 5) is 11.8. The standard InChI is InChI=1S/C26H37BrN2O4/c1-26(2,3)33-23(30)18-32-17-20-12-10-19(11-13-20)16-29-22(14-15-31-4)24(27)25(28-29)21-8-6-5-7-9-21/h5-9,19-20H,10-18H2,1-4H3. The molecule has 1 aliphatic rings. The number of hydrogen-bond acceptors (Lipinski definition) is 5. The van der Waals surface area contributed by atoms with Gasteiger partial charge in [0, 0.05) is 25.6 Å². The van der Waals surface area contributed by atoms with Crippen LogP contribution in [0.1, 0.15) is 52.1 Å². The third-order valence-electron chi connectivity index (χ3n) is 5.97. The Balaban J connectivity index is 1.54. The molecule has 0 spiro atoms. The molecule has 0 saturated heterocycles. The van der Waals surface area contributed by atoms with E-state index in [4.69, 9.17) is 19.3 Å². The van der Waals surface area contributed by atoms with Gasteiger partial charge in [-0.15, -0.1) is 0 Å². The minimum absolute atomic E-state index is 0.0314. The highest BCUT2D eigenvalue weighted by Crippen LogP contribution is 2.34. The molecule has 1 aromatic carbocycles. The molecule has 0 unspecified atom stereocenters. The summed E-state index contributed by atoms with van der Waals surface area (Å²) in [5.74, 6) is 0.794. The van der Waals surface area contributed by atoms with Crippen molar-refractivity contribution in [2.24, 2.45) is 11.8 Å². The number of esters is 1. The first-order chi connectivity index (χ1) is 15.8. The number of ether oxygens (including phenoxy) is 3. The lowest BCUT2D eigenvalue weighted by molar-refractivity contribution is -0.160. The molecule has 0 N–H and O–H groups in total. The topological polar surface area (TPSA) is 62.6 Å². The molecule has 3 rings (SSSR count). The molecule has 0 atom stereocenters. The highest BCUT2D eigenvalue weighted by molar-refractivity contribution is 9.10. The van der Waals surface area contributed by atoms with Crippen molar-refractivity contribution in [2.75, 3.05) is 26.9 Å². The van der Waals surface area contributed by atoms with Crippen molar-refractivity contribution in [2.45, 2.75) is 65.0 Å². The largest absolute Gasteiger partial charge is 0.458 e. The smallest absolute Gasteiger partial charge is 0.332 e. The van der Waals surface area contributed by atoms with E-state index in [9.17, 15) is 4.79 Å². The van der Waals surface area contributed by atoms with Crippen LogP contribution in [0.4, 0.5) is 0 Å². The molecule has 33 heavy (non-hydrogen) atoms. The van der Waals surface area contributed by atoms with Gasteiger partial charge in [-0.25, -0.2) is 4.79 Å². The number of halogens is 1. The molecule has 0 bridgehead atoms. The molecule has 2 aromatic rings. The first-order valence-electron chi connectivity index (χ1n) is 11.9. The second kappa shape index (κ2) is 12.1. The maximum atomic E-state index is 11.8. The summed E-state index contributed by atoms with van der Waals surface area (Å²) >= 11 is 3.81. The molecule has 0 amide bonds. The highest BCUT2D eigenvalue weighted by Gasteiger charge is 2.25. The minimum atomic E-state index is -0.470. The Hall–Kier alpha value is -1.70. The Labute approximate surface area is 206 Å². The maximum Gasteiger partial charge on any atom is 0.332 e. The van der Waals surface area contributed by atoms with Crippen molar-refractivity contribution in [3.8, 4) is 11.3 Å². The third-order valence-corrected chi connectivity index (χ3v) is 6.81. The summed E-state index contributed by atoms with van der Waals surface area (Å²) in [5.41, 5.74) is 2.83. The lowest BCUT2D eigenvalue weighted by Gasteiger charge is -2.28. The second-order valence-electron chi connectivity index (χ2n) is 9.89. The number of carbonyl (C=O) groups excluding carboxylic acids is 1. The fourth-order valence-corrected chi connectivity index (χ4v) is 5.06. The molecule has 182 valence electrons. The second-order valence-corrected chi connectivity index (χ2v) is 10.7. The van der Waals surface area contributed by atoms with Gasteiger partial charge in [0.1, 0.15) is 17.9 Å². The lowest BCUT2D eigenvalue weighted by Crippen LogP contribution is -2.28.